The van der Waals surface area contributed by atoms with E-state index in [0.717, 1.165) is 33.6 Å². The van der Waals surface area contributed by atoms with Crippen LogP contribution in [-0.4, -0.2) is 26.3 Å². The molecule has 1 N–H and O–H groups in total. The molecule has 5 nitrogen and oxygen atoms in total. The fourth-order valence-corrected chi connectivity index (χ4v) is 5.02. The van der Waals surface area contributed by atoms with Crippen molar-refractivity contribution in [3.8, 4) is 16.9 Å². The van der Waals surface area contributed by atoms with Crippen LogP contribution in [0.4, 0.5) is 10.8 Å². The summed E-state index contributed by atoms with van der Waals surface area (Å²) in [5.74, 6) is 0.878. The first-order chi connectivity index (χ1) is 16.6. The van der Waals surface area contributed by atoms with Gasteiger partial charge in [0.25, 0.3) is 0 Å². The Labute approximate surface area is 212 Å². The molecule has 0 radical (unpaired) electrons. The number of anilines is 2. The highest BCUT2D eigenvalue weighted by Gasteiger charge is 2.17. The Morgan fingerprint density at radius 2 is 1.74 bits per heavy atom. The van der Waals surface area contributed by atoms with Gasteiger partial charge in [-0.2, -0.15) is 5.10 Å². The Bertz CT molecular complexity index is 1440. The number of benzene rings is 3. The summed E-state index contributed by atoms with van der Waals surface area (Å²) >= 11 is 13.2. The van der Waals surface area contributed by atoms with Crippen molar-refractivity contribution in [2.75, 3.05) is 11.4 Å². The molecule has 0 saturated heterocycles. The molecule has 8 heteroatoms. The van der Waals surface area contributed by atoms with Crippen molar-refractivity contribution in [2.45, 2.75) is 13.3 Å². The van der Waals surface area contributed by atoms with Crippen LogP contribution >= 0.6 is 35.2 Å². The minimum Gasteiger partial charge on any atom is -0.317 e. The van der Waals surface area contributed by atoms with E-state index in [-0.39, 0.29) is 0 Å². The number of hydrogen-bond donors (Lipinski definition) is 1. The van der Waals surface area contributed by atoms with E-state index in [9.17, 15) is 0 Å². The topological polar surface area (TPSA) is 49.7 Å². The lowest BCUT2D eigenvalue weighted by Gasteiger charge is -2.22. The summed E-state index contributed by atoms with van der Waals surface area (Å²) in [7, 11) is 0. The van der Waals surface area contributed by atoms with Gasteiger partial charge in [-0.25, -0.2) is 4.98 Å². The molecule has 5 rings (SSSR count). The summed E-state index contributed by atoms with van der Waals surface area (Å²) in [6, 6.07) is 26.3. The maximum atomic E-state index is 6.06. The van der Waals surface area contributed by atoms with Crippen molar-refractivity contribution in [3.63, 3.8) is 0 Å². The quantitative estimate of drug-likeness (QED) is 0.235. The van der Waals surface area contributed by atoms with Crippen molar-refractivity contribution in [3.05, 3.63) is 105 Å². The molecule has 0 atom stereocenters. The SMILES string of the molecule is Cc1ccc(N(CCc2n[nH]c(=S)n2-c2ccccc2)c2nc(-c3ccc(Cl)cc3)cs2)cc1. The fourth-order valence-electron chi connectivity index (χ4n) is 3.75. The maximum Gasteiger partial charge on any atom is 0.199 e. The number of H-pyrrole nitrogens is 1. The van der Waals surface area contributed by atoms with Gasteiger partial charge in [0.2, 0.25) is 0 Å². The van der Waals surface area contributed by atoms with Gasteiger partial charge in [0.1, 0.15) is 5.82 Å². The number of aromatic amines is 1. The molecule has 170 valence electrons. The van der Waals surface area contributed by atoms with Crippen LogP contribution in [0.5, 0.6) is 0 Å². The molecular formula is C26H22ClN5S2. The molecule has 0 spiro atoms. The summed E-state index contributed by atoms with van der Waals surface area (Å²) in [5, 5.41) is 11.2. The number of nitrogens with zero attached hydrogens (tertiary/aromatic N) is 4. The lowest BCUT2D eigenvalue weighted by atomic mass is 10.2. The van der Waals surface area contributed by atoms with E-state index in [1.807, 2.05) is 59.2 Å². The van der Waals surface area contributed by atoms with Gasteiger partial charge >= 0.3 is 0 Å². The van der Waals surface area contributed by atoms with Gasteiger partial charge in [-0.05, 0) is 55.5 Å². The monoisotopic (exact) mass is 503 g/mol. The first kappa shape index (κ1) is 22.5. The molecule has 0 aliphatic rings. The van der Waals surface area contributed by atoms with E-state index in [1.165, 1.54) is 5.56 Å². The largest absolute Gasteiger partial charge is 0.317 e. The van der Waals surface area contributed by atoms with Crippen LogP contribution in [0.3, 0.4) is 0 Å². The molecule has 0 aliphatic carbocycles. The average Bonchev–Trinajstić information content (AvgIpc) is 3.48. The van der Waals surface area contributed by atoms with Crippen molar-refractivity contribution >= 4 is 46.0 Å². The van der Waals surface area contributed by atoms with Crippen molar-refractivity contribution in [1.29, 1.82) is 0 Å². The summed E-state index contributed by atoms with van der Waals surface area (Å²) in [4.78, 5) is 7.19. The van der Waals surface area contributed by atoms with Crippen LogP contribution in [0.25, 0.3) is 16.9 Å². The smallest absolute Gasteiger partial charge is 0.199 e. The third-order valence-electron chi connectivity index (χ3n) is 5.52. The van der Waals surface area contributed by atoms with Gasteiger partial charge in [0.05, 0.1) is 5.69 Å². The third kappa shape index (κ3) is 4.82. The van der Waals surface area contributed by atoms with Gasteiger partial charge in [-0.3, -0.25) is 9.67 Å². The zero-order valence-corrected chi connectivity index (χ0v) is 20.9. The molecule has 2 heterocycles. The minimum atomic E-state index is 0.586. The van der Waals surface area contributed by atoms with Gasteiger partial charge in [-0.15, -0.1) is 11.3 Å². The Hall–Kier alpha value is -3.26. The molecule has 0 saturated carbocycles. The molecule has 0 aliphatic heterocycles. The third-order valence-corrected chi connectivity index (χ3v) is 6.91. The molecule has 0 bridgehead atoms. The predicted molar refractivity (Wildman–Crippen MR) is 143 cm³/mol. The Kier molecular flexibility index (Phi) is 6.58. The normalized spacial score (nSPS) is 11.0. The number of halogens is 1. The molecule has 0 fully saturated rings. The Morgan fingerprint density at radius 3 is 2.47 bits per heavy atom. The van der Waals surface area contributed by atoms with E-state index < -0.39 is 0 Å². The lowest BCUT2D eigenvalue weighted by molar-refractivity contribution is 0.808. The highest BCUT2D eigenvalue weighted by atomic mass is 35.5. The Morgan fingerprint density at radius 1 is 1.00 bits per heavy atom. The number of aromatic nitrogens is 4. The van der Waals surface area contributed by atoms with Gasteiger partial charge < -0.3 is 4.90 Å². The molecule has 34 heavy (non-hydrogen) atoms. The zero-order chi connectivity index (χ0) is 23.5. The van der Waals surface area contributed by atoms with Crippen molar-refractivity contribution in [1.82, 2.24) is 19.7 Å². The van der Waals surface area contributed by atoms with E-state index in [4.69, 9.17) is 28.8 Å². The number of aryl methyl sites for hydroxylation is 1. The first-order valence-corrected chi connectivity index (χ1v) is 12.5. The van der Waals surface area contributed by atoms with Crippen LogP contribution in [0, 0.1) is 11.7 Å². The van der Waals surface area contributed by atoms with Crippen molar-refractivity contribution < 1.29 is 0 Å². The van der Waals surface area contributed by atoms with Crippen LogP contribution in [0.15, 0.2) is 84.2 Å². The predicted octanol–water partition coefficient (Wildman–Crippen LogP) is 7.40. The van der Waals surface area contributed by atoms with Gasteiger partial charge in [-0.1, -0.05) is 59.6 Å². The number of para-hydroxylation sites is 1. The second-order valence-corrected chi connectivity index (χ2v) is 9.54. The molecule has 0 unspecified atom stereocenters. The van der Waals surface area contributed by atoms with Crippen molar-refractivity contribution in [2.24, 2.45) is 0 Å². The highest BCUT2D eigenvalue weighted by molar-refractivity contribution is 7.71. The van der Waals surface area contributed by atoms with E-state index in [1.54, 1.807) is 11.3 Å². The Balaban J connectivity index is 1.46. The average molecular weight is 504 g/mol. The first-order valence-electron chi connectivity index (χ1n) is 10.9. The summed E-state index contributed by atoms with van der Waals surface area (Å²) in [5.41, 5.74) is 5.27. The van der Waals surface area contributed by atoms with Crippen LogP contribution < -0.4 is 4.90 Å². The van der Waals surface area contributed by atoms with Gasteiger partial charge in [0, 0.05) is 40.3 Å². The maximum absolute atomic E-state index is 6.06. The van der Waals surface area contributed by atoms with E-state index in [2.05, 4.69) is 51.7 Å². The number of nitrogens with one attached hydrogen (secondary N) is 1. The second-order valence-electron chi connectivity index (χ2n) is 7.88. The fraction of sp³-hybridized carbons (Fsp3) is 0.115. The molecule has 5 aromatic rings. The highest BCUT2D eigenvalue weighted by Crippen LogP contribution is 2.33. The van der Waals surface area contributed by atoms with Crippen LogP contribution in [-0.2, 0) is 6.42 Å². The number of hydrogen-bond acceptors (Lipinski definition) is 5. The summed E-state index contributed by atoms with van der Waals surface area (Å²) < 4.78 is 2.58. The zero-order valence-electron chi connectivity index (χ0n) is 18.5. The molecular weight excluding hydrogens is 482 g/mol. The standard InChI is InChI=1S/C26H22ClN5S2/c1-18-7-13-21(14-8-18)31(26-28-23(17-34-26)19-9-11-20(27)12-10-19)16-15-24-29-30-25(33)32(24)22-5-3-2-4-6-22/h2-14,17H,15-16H2,1H3,(H,30,33). The molecule has 0 amide bonds. The molecule has 3 aromatic carbocycles. The minimum absolute atomic E-state index is 0.586. The lowest BCUT2D eigenvalue weighted by Crippen LogP contribution is -2.21. The molecule has 2 aromatic heterocycles. The summed E-state index contributed by atoms with van der Waals surface area (Å²) in [6.45, 7) is 2.79. The number of rotatable bonds is 7. The summed E-state index contributed by atoms with van der Waals surface area (Å²) in [6.07, 6.45) is 0.686. The number of thiazole rings is 1. The van der Waals surface area contributed by atoms with Crippen LogP contribution in [0.1, 0.15) is 11.4 Å². The van der Waals surface area contributed by atoms with Crippen LogP contribution in [0.2, 0.25) is 5.02 Å². The van der Waals surface area contributed by atoms with Gasteiger partial charge in [0.15, 0.2) is 9.90 Å². The van der Waals surface area contributed by atoms with E-state index in [0.29, 0.717) is 22.8 Å². The second kappa shape index (κ2) is 9.93. The van der Waals surface area contributed by atoms with E-state index >= 15 is 0 Å².